The van der Waals surface area contributed by atoms with Gasteiger partial charge in [-0.05, 0) is 18.2 Å². The summed E-state index contributed by atoms with van der Waals surface area (Å²) in [7, 11) is 0.0860. The lowest BCUT2D eigenvalue weighted by atomic mass is 10.2. The molecule has 0 aromatic heterocycles. The minimum absolute atomic E-state index is 0.137. The number of carboxylic acids is 1. The Kier molecular flexibility index (Phi) is 4.92. The summed E-state index contributed by atoms with van der Waals surface area (Å²) in [4.78, 5) is 23.6. The number of sulfonamides is 1. The summed E-state index contributed by atoms with van der Waals surface area (Å²) in [6.45, 7) is -0.390. The van der Waals surface area contributed by atoms with Crippen LogP contribution in [0.15, 0.2) is 23.1 Å². The fourth-order valence-electron chi connectivity index (χ4n) is 1.52. The first-order valence-electron chi connectivity index (χ1n) is 5.86. The van der Waals surface area contributed by atoms with Crippen LogP contribution in [0.3, 0.4) is 0 Å². The number of anilines is 1. The summed E-state index contributed by atoms with van der Waals surface area (Å²) in [5, 5.41) is 9.09. The first-order valence-corrected chi connectivity index (χ1v) is 7.30. The van der Waals surface area contributed by atoms with Gasteiger partial charge in [-0.15, -0.1) is 0 Å². The summed E-state index contributed by atoms with van der Waals surface area (Å²) < 4.78 is 25.6. The second kappa shape index (κ2) is 6.10. The molecule has 1 amide bonds. The molecule has 0 bridgehead atoms. The minimum Gasteiger partial charge on any atom is -0.478 e. The molecule has 0 saturated carbocycles. The molecule has 0 fully saturated rings. The predicted molar refractivity (Wildman–Crippen MR) is 76.3 cm³/mol. The van der Waals surface area contributed by atoms with Crippen molar-refractivity contribution in [2.45, 2.75) is 4.90 Å². The van der Waals surface area contributed by atoms with E-state index in [4.69, 9.17) is 10.8 Å². The highest BCUT2D eigenvalue weighted by Gasteiger charge is 2.28. The van der Waals surface area contributed by atoms with Gasteiger partial charge >= 0.3 is 5.97 Å². The molecule has 0 saturated heterocycles. The summed E-state index contributed by atoms with van der Waals surface area (Å²) >= 11 is 0. The van der Waals surface area contributed by atoms with Crippen LogP contribution in [0.25, 0.3) is 0 Å². The third kappa shape index (κ3) is 3.70. The molecule has 3 N–H and O–H groups in total. The monoisotopic (exact) mass is 315 g/mol. The molecule has 0 unspecified atom stereocenters. The Labute approximate surface area is 122 Å². The van der Waals surface area contributed by atoms with Crippen LogP contribution in [-0.2, 0) is 14.8 Å². The molecule has 9 heteroatoms. The normalized spacial score (nSPS) is 11.4. The number of likely N-dealkylation sites (N-methyl/N-ethyl adjacent to an activating group) is 2. The number of carboxylic acid groups (broad SMARTS) is 1. The number of rotatable bonds is 5. The molecule has 0 aliphatic carbocycles. The maximum absolute atomic E-state index is 12.4. The van der Waals surface area contributed by atoms with Gasteiger partial charge in [-0.25, -0.2) is 13.2 Å². The van der Waals surface area contributed by atoms with Crippen molar-refractivity contribution >= 4 is 27.6 Å². The molecule has 0 spiro atoms. The number of hydrogen-bond acceptors (Lipinski definition) is 5. The third-order valence-corrected chi connectivity index (χ3v) is 4.64. The Bertz CT molecular complexity index is 669. The van der Waals surface area contributed by atoms with Crippen molar-refractivity contribution in [1.82, 2.24) is 9.21 Å². The van der Waals surface area contributed by atoms with Crippen LogP contribution in [0.2, 0.25) is 0 Å². The Morgan fingerprint density at radius 3 is 2.29 bits per heavy atom. The molecule has 1 aromatic carbocycles. The van der Waals surface area contributed by atoms with Crippen LogP contribution >= 0.6 is 0 Å². The number of amides is 1. The average Bonchev–Trinajstić information content (AvgIpc) is 2.37. The van der Waals surface area contributed by atoms with Gasteiger partial charge in [0.1, 0.15) is 0 Å². The van der Waals surface area contributed by atoms with Gasteiger partial charge in [-0.3, -0.25) is 4.79 Å². The van der Waals surface area contributed by atoms with E-state index in [0.29, 0.717) is 0 Å². The number of nitrogen functional groups attached to an aromatic ring is 1. The maximum Gasteiger partial charge on any atom is 0.337 e. The van der Waals surface area contributed by atoms with Crippen LogP contribution in [0, 0.1) is 0 Å². The van der Waals surface area contributed by atoms with Gasteiger partial charge in [-0.2, -0.15) is 4.31 Å². The molecule has 0 atom stereocenters. The van der Waals surface area contributed by atoms with Crippen molar-refractivity contribution in [3.05, 3.63) is 23.8 Å². The topological polar surface area (TPSA) is 121 Å². The first kappa shape index (κ1) is 16.9. The van der Waals surface area contributed by atoms with Gasteiger partial charge in [-0.1, -0.05) is 0 Å². The Balaban J connectivity index is 3.25. The molecule has 8 nitrogen and oxygen atoms in total. The average molecular weight is 315 g/mol. The number of hydrogen-bond donors (Lipinski definition) is 2. The SMILES string of the molecule is CN(C)C(=O)CN(C)S(=O)(=O)c1ccc(N)cc1C(=O)O. The van der Waals surface area contributed by atoms with Crippen molar-refractivity contribution < 1.29 is 23.1 Å². The fourth-order valence-corrected chi connectivity index (χ4v) is 2.80. The van der Waals surface area contributed by atoms with Gasteiger partial charge in [0, 0.05) is 26.8 Å². The van der Waals surface area contributed by atoms with E-state index in [0.717, 1.165) is 16.4 Å². The van der Waals surface area contributed by atoms with E-state index in [1.54, 1.807) is 0 Å². The van der Waals surface area contributed by atoms with Crippen molar-refractivity contribution in [2.24, 2.45) is 0 Å². The first-order chi connectivity index (χ1) is 9.57. The molecule has 0 aliphatic heterocycles. The van der Waals surface area contributed by atoms with Crippen molar-refractivity contribution in [2.75, 3.05) is 33.4 Å². The van der Waals surface area contributed by atoms with E-state index in [1.807, 2.05) is 0 Å². The molecule has 116 valence electrons. The summed E-state index contributed by atoms with van der Waals surface area (Å²) in [5.74, 6) is -1.83. The Morgan fingerprint density at radius 2 is 1.81 bits per heavy atom. The molecule has 0 radical (unpaired) electrons. The highest BCUT2D eigenvalue weighted by molar-refractivity contribution is 7.89. The summed E-state index contributed by atoms with van der Waals surface area (Å²) in [6, 6.07) is 3.47. The number of benzene rings is 1. The van der Waals surface area contributed by atoms with E-state index < -0.39 is 38.9 Å². The van der Waals surface area contributed by atoms with Gasteiger partial charge in [0.15, 0.2) is 0 Å². The van der Waals surface area contributed by atoms with Crippen LogP contribution in [0.5, 0.6) is 0 Å². The van der Waals surface area contributed by atoms with E-state index >= 15 is 0 Å². The molecular formula is C12H17N3O5S. The lowest BCUT2D eigenvalue weighted by molar-refractivity contribution is -0.128. The van der Waals surface area contributed by atoms with Crippen LogP contribution in [-0.4, -0.2) is 62.3 Å². The van der Waals surface area contributed by atoms with Crippen molar-refractivity contribution in [1.29, 1.82) is 0 Å². The number of nitrogens with two attached hydrogens (primary N) is 1. The van der Waals surface area contributed by atoms with E-state index in [2.05, 4.69) is 0 Å². The van der Waals surface area contributed by atoms with Crippen LogP contribution < -0.4 is 5.73 Å². The third-order valence-electron chi connectivity index (χ3n) is 2.78. The zero-order valence-corrected chi connectivity index (χ0v) is 12.7. The van der Waals surface area contributed by atoms with Gasteiger partial charge < -0.3 is 15.7 Å². The van der Waals surface area contributed by atoms with Crippen LogP contribution in [0.1, 0.15) is 10.4 Å². The van der Waals surface area contributed by atoms with Gasteiger partial charge in [0.05, 0.1) is 17.0 Å². The fraction of sp³-hybridized carbons (Fsp3) is 0.333. The van der Waals surface area contributed by atoms with Crippen molar-refractivity contribution in [3.8, 4) is 0 Å². The molecule has 0 aliphatic rings. The van der Waals surface area contributed by atoms with Gasteiger partial charge in [0.2, 0.25) is 15.9 Å². The second-order valence-corrected chi connectivity index (χ2v) is 6.62. The lowest BCUT2D eigenvalue weighted by Gasteiger charge is -2.20. The summed E-state index contributed by atoms with van der Waals surface area (Å²) in [5.41, 5.74) is 5.18. The number of carbonyl (C=O) groups is 2. The standard InChI is InChI=1S/C12H17N3O5S/c1-14(2)11(16)7-15(3)21(19,20)10-5-4-8(13)6-9(10)12(17)18/h4-6H,7,13H2,1-3H3,(H,17,18). The minimum atomic E-state index is -4.11. The largest absolute Gasteiger partial charge is 0.478 e. The highest BCUT2D eigenvalue weighted by atomic mass is 32.2. The second-order valence-electron chi connectivity index (χ2n) is 4.61. The summed E-state index contributed by atoms with van der Waals surface area (Å²) in [6.07, 6.45) is 0. The van der Waals surface area contributed by atoms with E-state index in [9.17, 15) is 18.0 Å². The quantitative estimate of drug-likeness (QED) is 0.718. The number of carbonyl (C=O) groups excluding carboxylic acids is 1. The molecular weight excluding hydrogens is 298 g/mol. The van der Waals surface area contributed by atoms with Gasteiger partial charge in [0.25, 0.3) is 0 Å². The Hall–Kier alpha value is -2.13. The maximum atomic E-state index is 12.4. The molecule has 1 rings (SSSR count). The van der Waals surface area contributed by atoms with E-state index in [1.165, 1.54) is 32.1 Å². The van der Waals surface area contributed by atoms with E-state index in [-0.39, 0.29) is 5.69 Å². The predicted octanol–water partition coefficient (Wildman–Crippen LogP) is -0.324. The molecule has 0 heterocycles. The Morgan fingerprint density at radius 1 is 1.24 bits per heavy atom. The number of aromatic carboxylic acids is 1. The molecule has 21 heavy (non-hydrogen) atoms. The highest BCUT2D eigenvalue weighted by Crippen LogP contribution is 2.22. The molecule has 1 aromatic rings. The zero-order valence-electron chi connectivity index (χ0n) is 11.9. The smallest absolute Gasteiger partial charge is 0.337 e. The van der Waals surface area contributed by atoms with Crippen LogP contribution in [0.4, 0.5) is 5.69 Å². The zero-order chi connectivity index (χ0) is 16.4. The lowest BCUT2D eigenvalue weighted by Crippen LogP contribution is -2.38. The van der Waals surface area contributed by atoms with Crippen molar-refractivity contribution in [3.63, 3.8) is 0 Å². The number of nitrogens with zero attached hydrogens (tertiary/aromatic N) is 2.